The summed E-state index contributed by atoms with van der Waals surface area (Å²) in [5, 5.41) is 5.99. The van der Waals surface area contributed by atoms with E-state index in [9.17, 15) is 4.79 Å². The van der Waals surface area contributed by atoms with E-state index in [1.165, 1.54) is 6.20 Å². The first-order chi connectivity index (χ1) is 6.61. The Balaban J connectivity index is 2.40. The second-order valence-electron chi connectivity index (χ2n) is 3.48. The lowest BCUT2D eigenvalue weighted by atomic mass is 10.1. The molecule has 1 atom stereocenters. The van der Waals surface area contributed by atoms with Crippen LogP contribution in [0.2, 0.25) is 0 Å². The quantitative estimate of drug-likeness (QED) is 0.678. The van der Waals surface area contributed by atoms with E-state index in [0.717, 1.165) is 6.42 Å². The Bertz CT molecular complexity index is 274. The highest BCUT2D eigenvalue weighted by molar-refractivity contribution is 6.32. The van der Waals surface area contributed by atoms with Crippen LogP contribution in [0.25, 0.3) is 0 Å². The molecule has 1 aliphatic heterocycles. The Morgan fingerprint density at radius 3 is 3.00 bits per heavy atom. The van der Waals surface area contributed by atoms with Crippen LogP contribution in [0, 0.1) is 5.92 Å². The van der Waals surface area contributed by atoms with Gasteiger partial charge in [0.25, 0.3) is 5.91 Å². The molecular formula is C9H13ClN2O2. The summed E-state index contributed by atoms with van der Waals surface area (Å²) < 4.78 is 5.33. The second-order valence-corrected chi connectivity index (χ2v) is 3.92. The molecule has 0 radical (unpaired) electrons. The Labute approximate surface area is 88.0 Å². The van der Waals surface area contributed by atoms with Gasteiger partial charge in [-0.15, -0.1) is 16.7 Å². The molecule has 0 aliphatic carbocycles. The molecule has 14 heavy (non-hydrogen) atoms. The highest BCUT2D eigenvalue weighted by atomic mass is 35.5. The predicted molar refractivity (Wildman–Crippen MR) is 53.0 cm³/mol. The lowest BCUT2D eigenvalue weighted by Gasteiger charge is -2.14. The van der Waals surface area contributed by atoms with Crippen LogP contribution in [0.3, 0.4) is 0 Å². The number of nitrogens with zero attached hydrogens (tertiary/aromatic N) is 2. The van der Waals surface area contributed by atoms with Crippen molar-refractivity contribution < 1.29 is 9.53 Å². The van der Waals surface area contributed by atoms with Crippen LogP contribution in [0.15, 0.2) is 22.2 Å². The summed E-state index contributed by atoms with van der Waals surface area (Å²) in [5.74, 6) is 0.492. The van der Waals surface area contributed by atoms with Gasteiger partial charge in [0.2, 0.25) is 0 Å². The van der Waals surface area contributed by atoms with Crippen molar-refractivity contribution >= 4 is 17.5 Å². The van der Waals surface area contributed by atoms with E-state index in [0.29, 0.717) is 18.3 Å². The zero-order valence-electron chi connectivity index (χ0n) is 8.24. The molecule has 0 fully saturated rings. The van der Waals surface area contributed by atoms with Crippen LogP contribution in [0.1, 0.15) is 20.3 Å². The van der Waals surface area contributed by atoms with E-state index < -0.39 is 11.3 Å². The van der Waals surface area contributed by atoms with E-state index in [4.69, 9.17) is 16.3 Å². The molecule has 0 saturated heterocycles. The topological polar surface area (TPSA) is 51.0 Å². The van der Waals surface area contributed by atoms with Gasteiger partial charge in [-0.05, 0) is 12.3 Å². The van der Waals surface area contributed by atoms with E-state index >= 15 is 0 Å². The number of halogens is 1. The van der Waals surface area contributed by atoms with Crippen LogP contribution in [0.4, 0.5) is 0 Å². The van der Waals surface area contributed by atoms with Gasteiger partial charge < -0.3 is 4.74 Å². The zero-order valence-corrected chi connectivity index (χ0v) is 8.99. The minimum atomic E-state index is -0.806. The maximum absolute atomic E-state index is 11.0. The summed E-state index contributed by atoms with van der Waals surface area (Å²) >= 11 is 5.75. The molecular weight excluding hydrogens is 204 g/mol. The minimum absolute atomic E-state index is 0.396. The first-order valence-corrected chi connectivity index (χ1v) is 4.96. The third-order valence-corrected chi connectivity index (χ3v) is 2.17. The number of rotatable bonds is 4. The second kappa shape index (κ2) is 5.10. The number of carbonyl (C=O) groups is 1. The van der Waals surface area contributed by atoms with Gasteiger partial charge in [0.05, 0.1) is 12.8 Å². The van der Waals surface area contributed by atoms with Gasteiger partial charge in [-0.2, -0.15) is 5.11 Å². The Hall–Kier alpha value is -0.900. The third-order valence-electron chi connectivity index (χ3n) is 1.77. The molecule has 5 heteroatoms. The number of hydrogen-bond donors (Lipinski definition) is 0. The molecule has 4 nitrogen and oxygen atoms in total. The summed E-state index contributed by atoms with van der Waals surface area (Å²) in [7, 11) is 0. The van der Waals surface area contributed by atoms with Gasteiger partial charge in [-0.1, -0.05) is 13.8 Å². The molecule has 0 aromatic rings. The van der Waals surface area contributed by atoms with Crippen molar-refractivity contribution in [1.82, 2.24) is 0 Å². The standard InChI is InChI=1S/C9H13ClN2O2/c1-6(2)3-4-14-7-5-11-12-9(13)8(7)10/h5-6,8H,3-4H2,1-2H3. The fraction of sp³-hybridized carbons (Fsp3) is 0.667. The molecule has 0 N–H and O–H groups in total. The van der Waals surface area contributed by atoms with Gasteiger partial charge in [0, 0.05) is 0 Å². The number of ether oxygens (including phenoxy) is 1. The average Bonchev–Trinajstić information content (AvgIpc) is 2.12. The molecule has 1 rings (SSSR count). The van der Waals surface area contributed by atoms with E-state index in [2.05, 4.69) is 24.1 Å². The molecule has 78 valence electrons. The van der Waals surface area contributed by atoms with Gasteiger partial charge in [0.1, 0.15) is 5.76 Å². The van der Waals surface area contributed by atoms with Crippen LogP contribution in [-0.2, 0) is 9.53 Å². The number of alkyl halides is 1. The lowest BCUT2D eigenvalue weighted by molar-refractivity contribution is -0.118. The molecule has 0 saturated carbocycles. The third kappa shape index (κ3) is 3.10. The number of azo groups is 1. The zero-order chi connectivity index (χ0) is 10.6. The molecule has 0 bridgehead atoms. The molecule has 1 heterocycles. The number of carbonyl (C=O) groups excluding carboxylic acids is 1. The Kier molecular flexibility index (Phi) is 4.07. The summed E-state index contributed by atoms with van der Waals surface area (Å²) in [6.07, 6.45) is 2.31. The van der Waals surface area contributed by atoms with E-state index in [1.807, 2.05) is 0 Å². The van der Waals surface area contributed by atoms with Crippen molar-refractivity contribution in [2.24, 2.45) is 16.1 Å². The van der Waals surface area contributed by atoms with E-state index in [1.54, 1.807) is 0 Å². The van der Waals surface area contributed by atoms with Crippen molar-refractivity contribution in [2.45, 2.75) is 25.6 Å². The minimum Gasteiger partial charge on any atom is -0.494 e. The largest absolute Gasteiger partial charge is 0.494 e. The monoisotopic (exact) mass is 216 g/mol. The summed E-state index contributed by atoms with van der Waals surface area (Å²) in [6.45, 7) is 4.75. The normalized spacial score (nSPS) is 21.3. The molecule has 0 aromatic heterocycles. The lowest BCUT2D eigenvalue weighted by Crippen LogP contribution is -2.19. The van der Waals surface area contributed by atoms with Gasteiger partial charge in [-0.25, -0.2) is 0 Å². The van der Waals surface area contributed by atoms with Crippen LogP contribution in [-0.4, -0.2) is 17.9 Å². The highest BCUT2D eigenvalue weighted by Gasteiger charge is 2.24. The smallest absolute Gasteiger partial charge is 0.290 e. The maximum atomic E-state index is 11.0. The maximum Gasteiger partial charge on any atom is 0.290 e. The summed E-state index contributed by atoms with van der Waals surface area (Å²) in [4.78, 5) is 11.0. The van der Waals surface area contributed by atoms with Gasteiger partial charge in [0.15, 0.2) is 5.38 Å². The van der Waals surface area contributed by atoms with Crippen molar-refractivity contribution in [2.75, 3.05) is 6.61 Å². The molecule has 0 spiro atoms. The van der Waals surface area contributed by atoms with Crippen LogP contribution < -0.4 is 0 Å². The molecule has 1 unspecified atom stereocenters. The summed E-state index contributed by atoms with van der Waals surface area (Å²) in [5.41, 5.74) is 0. The van der Waals surface area contributed by atoms with Crippen molar-refractivity contribution in [3.8, 4) is 0 Å². The van der Waals surface area contributed by atoms with Crippen molar-refractivity contribution in [1.29, 1.82) is 0 Å². The van der Waals surface area contributed by atoms with Crippen LogP contribution >= 0.6 is 11.6 Å². The number of hydrogen-bond acceptors (Lipinski definition) is 3. The van der Waals surface area contributed by atoms with Crippen molar-refractivity contribution in [3.05, 3.63) is 12.0 Å². The number of amides is 1. The SMILES string of the molecule is CC(C)CCOC1=CN=NC(=O)C1Cl. The first-order valence-electron chi connectivity index (χ1n) is 4.53. The first kappa shape index (κ1) is 11.2. The highest BCUT2D eigenvalue weighted by Crippen LogP contribution is 2.18. The van der Waals surface area contributed by atoms with Crippen LogP contribution in [0.5, 0.6) is 0 Å². The van der Waals surface area contributed by atoms with E-state index in [-0.39, 0.29) is 0 Å². The fourth-order valence-electron chi connectivity index (χ4n) is 0.903. The van der Waals surface area contributed by atoms with Gasteiger partial charge >= 0.3 is 0 Å². The Morgan fingerprint density at radius 2 is 2.36 bits per heavy atom. The molecule has 0 aromatic carbocycles. The Morgan fingerprint density at radius 1 is 1.64 bits per heavy atom. The van der Waals surface area contributed by atoms with Crippen molar-refractivity contribution in [3.63, 3.8) is 0 Å². The van der Waals surface area contributed by atoms with Gasteiger partial charge in [-0.3, -0.25) is 4.79 Å². The molecule has 1 amide bonds. The molecule has 1 aliphatic rings. The predicted octanol–water partition coefficient (Wildman–Crippen LogP) is 2.49. The fourth-order valence-corrected chi connectivity index (χ4v) is 1.07. The average molecular weight is 217 g/mol. The summed E-state index contributed by atoms with van der Waals surface area (Å²) in [6, 6.07) is 0.